The molecule has 1 N–H and O–H groups in total. The van der Waals surface area contributed by atoms with Gasteiger partial charge in [-0.05, 0) is 43.5 Å². The molecule has 0 amide bonds. The fraction of sp³-hybridized carbons (Fsp3) is 0.647. The van der Waals surface area contributed by atoms with Gasteiger partial charge in [-0.1, -0.05) is 26.0 Å². The van der Waals surface area contributed by atoms with Gasteiger partial charge in [0.15, 0.2) is 0 Å². The lowest BCUT2D eigenvalue weighted by molar-refractivity contribution is 0.277. The first-order valence-corrected chi connectivity index (χ1v) is 8.00. The second kappa shape index (κ2) is 8.28. The molecule has 0 bridgehead atoms. The van der Waals surface area contributed by atoms with Crippen LogP contribution < -0.4 is 10.1 Å². The number of nitrogens with one attached hydrogen (secondary N) is 1. The zero-order chi connectivity index (χ0) is 14.2. The van der Waals surface area contributed by atoms with Gasteiger partial charge < -0.3 is 10.1 Å². The van der Waals surface area contributed by atoms with Gasteiger partial charge in [-0.15, -0.1) is 0 Å². The van der Waals surface area contributed by atoms with Crippen molar-refractivity contribution >= 4 is 0 Å². The van der Waals surface area contributed by atoms with Crippen LogP contribution in [0.2, 0.25) is 0 Å². The van der Waals surface area contributed by atoms with E-state index in [1.807, 2.05) is 6.07 Å². The molecule has 1 fully saturated rings. The summed E-state index contributed by atoms with van der Waals surface area (Å²) >= 11 is 0. The lowest BCUT2D eigenvalue weighted by Crippen LogP contribution is -2.33. The second-order valence-electron chi connectivity index (χ2n) is 5.53. The summed E-state index contributed by atoms with van der Waals surface area (Å²) in [6.07, 6.45) is 3.84. The molecule has 0 atom stereocenters. The molecule has 112 valence electrons. The van der Waals surface area contributed by atoms with Crippen LogP contribution in [0.5, 0.6) is 5.75 Å². The maximum Gasteiger partial charge on any atom is 0.119 e. The SMILES string of the molecule is CCCOc1cccc(CNCCN(CC)C2CC2)c1. The number of rotatable bonds is 10. The Morgan fingerprint density at radius 3 is 2.85 bits per heavy atom. The average Bonchev–Trinajstić information content (AvgIpc) is 3.30. The van der Waals surface area contributed by atoms with E-state index in [4.69, 9.17) is 4.74 Å². The molecular formula is C17H28N2O. The lowest BCUT2D eigenvalue weighted by atomic mass is 10.2. The Morgan fingerprint density at radius 2 is 2.15 bits per heavy atom. The van der Waals surface area contributed by atoms with Crippen LogP contribution in [0.15, 0.2) is 24.3 Å². The molecular weight excluding hydrogens is 248 g/mol. The first-order valence-electron chi connectivity index (χ1n) is 8.00. The van der Waals surface area contributed by atoms with Crippen molar-refractivity contribution in [3.8, 4) is 5.75 Å². The molecule has 0 saturated heterocycles. The summed E-state index contributed by atoms with van der Waals surface area (Å²) in [6.45, 7) is 9.50. The summed E-state index contributed by atoms with van der Waals surface area (Å²) in [5.74, 6) is 0.985. The summed E-state index contributed by atoms with van der Waals surface area (Å²) < 4.78 is 5.66. The Bertz CT molecular complexity index is 390. The van der Waals surface area contributed by atoms with Gasteiger partial charge in [0.2, 0.25) is 0 Å². The van der Waals surface area contributed by atoms with E-state index in [0.717, 1.165) is 44.5 Å². The van der Waals surface area contributed by atoms with Crippen molar-refractivity contribution in [2.24, 2.45) is 0 Å². The van der Waals surface area contributed by atoms with E-state index < -0.39 is 0 Å². The molecule has 1 aliphatic rings. The monoisotopic (exact) mass is 276 g/mol. The predicted molar refractivity (Wildman–Crippen MR) is 84.2 cm³/mol. The second-order valence-corrected chi connectivity index (χ2v) is 5.53. The number of hydrogen-bond acceptors (Lipinski definition) is 3. The van der Waals surface area contributed by atoms with E-state index in [2.05, 4.69) is 42.3 Å². The predicted octanol–water partition coefficient (Wildman–Crippen LogP) is 3.05. The summed E-state index contributed by atoms with van der Waals surface area (Å²) in [4.78, 5) is 2.58. The Kier molecular flexibility index (Phi) is 6.34. The van der Waals surface area contributed by atoms with Crippen molar-refractivity contribution < 1.29 is 4.74 Å². The molecule has 0 aliphatic heterocycles. The lowest BCUT2D eigenvalue weighted by Gasteiger charge is -2.19. The summed E-state index contributed by atoms with van der Waals surface area (Å²) in [7, 11) is 0. The number of nitrogens with zero attached hydrogens (tertiary/aromatic N) is 1. The van der Waals surface area contributed by atoms with Gasteiger partial charge in [0.1, 0.15) is 5.75 Å². The van der Waals surface area contributed by atoms with Crippen LogP contribution >= 0.6 is 0 Å². The van der Waals surface area contributed by atoms with E-state index in [0.29, 0.717) is 0 Å². The van der Waals surface area contributed by atoms with Crippen LogP contribution in [-0.4, -0.2) is 37.2 Å². The minimum Gasteiger partial charge on any atom is -0.494 e. The van der Waals surface area contributed by atoms with E-state index in [9.17, 15) is 0 Å². The minimum atomic E-state index is 0.795. The van der Waals surface area contributed by atoms with Crippen LogP contribution in [0.25, 0.3) is 0 Å². The third kappa shape index (κ3) is 5.14. The number of likely N-dealkylation sites (N-methyl/N-ethyl adjacent to an activating group) is 1. The Hall–Kier alpha value is -1.06. The normalized spacial score (nSPS) is 14.8. The van der Waals surface area contributed by atoms with Crippen LogP contribution in [0, 0.1) is 0 Å². The molecule has 0 radical (unpaired) electrons. The van der Waals surface area contributed by atoms with Crippen LogP contribution in [0.1, 0.15) is 38.7 Å². The topological polar surface area (TPSA) is 24.5 Å². The maximum absolute atomic E-state index is 5.66. The van der Waals surface area contributed by atoms with Crippen molar-refractivity contribution in [1.82, 2.24) is 10.2 Å². The van der Waals surface area contributed by atoms with Crippen molar-refractivity contribution in [3.05, 3.63) is 29.8 Å². The standard InChI is InChI=1S/C17H28N2O/c1-3-12-20-17-7-5-6-15(13-17)14-18-10-11-19(4-2)16-8-9-16/h5-7,13,16,18H,3-4,8-12,14H2,1-2H3. The van der Waals surface area contributed by atoms with Crippen LogP contribution in [0.3, 0.4) is 0 Å². The highest BCUT2D eigenvalue weighted by molar-refractivity contribution is 5.28. The molecule has 0 spiro atoms. The fourth-order valence-electron chi connectivity index (χ4n) is 2.46. The summed E-state index contributed by atoms with van der Waals surface area (Å²) in [5.41, 5.74) is 1.30. The van der Waals surface area contributed by atoms with Gasteiger partial charge in [0.05, 0.1) is 6.61 Å². The molecule has 0 heterocycles. The summed E-state index contributed by atoms with van der Waals surface area (Å²) in [6, 6.07) is 9.27. The maximum atomic E-state index is 5.66. The third-order valence-corrected chi connectivity index (χ3v) is 3.75. The molecule has 2 rings (SSSR count). The highest BCUT2D eigenvalue weighted by Gasteiger charge is 2.26. The summed E-state index contributed by atoms with van der Waals surface area (Å²) in [5, 5.41) is 3.54. The molecule has 1 aliphatic carbocycles. The highest BCUT2D eigenvalue weighted by atomic mass is 16.5. The van der Waals surface area contributed by atoms with E-state index >= 15 is 0 Å². The molecule has 0 aromatic heterocycles. The van der Waals surface area contributed by atoms with E-state index in [1.165, 1.54) is 24.9 Å². The quantitative estimate of drug-likeness (QED) is 0.665. The molecule has 1 saturated carbocycles. The molecule has 1 aromatic carbocycles. The van der Waals surface area contributed by atoms with Crippen molar-refractivity contribution in [3.63, 3.8) is 0 Å². The number of ether oxygens (including phenoxy) is 1. The van der Waals surface area contributed by atoms with Gasteiger partial charge in [-0.3, -0.25) is 4.90 Å². The average molecular weight is 276 g/mol. The van der Waals surface area contributed by atoms with E-state index in [-0.39, 0.29) is 0 Å². The molecule has 1 aromatic rings. The smallest absolute Gasteiger partial charge is 0.119 e. The Labute approximate surface area is 123 Å². The first kappa shape index (κ1) is 15.3. The largest absolute Gasteiger partial charge is 0.494 e. The molecule has 20 heavy (non-hydrogen) atoms. The first-order chi connectivity index (χ1) is 9.83. The highest BCUT2D eigenvalue weighted by Crippen LogP contribution is 2.25. The fourth-order valence-corrected chi connectivity index (χ4v) is 2.46. The van der Waals surface area contributed by atoms with E-state index in [1.54, 1.807) is 0 Å². The van der Waals surface area contributed by atoms with Gasteiger partial charge in [0.25, 0.3) is 0 Å². The van der Waals surface area contributed by atoms with Gasteiger partial charge >= 0.3 is 0 Å². The number of benzene rings is 1. The molecule has 3 nitrogen and oxygen atoms in total. The van der Waals surface area contributed by atoms with Gasteiger partial charge in [-0.2, -0.15) is 0 Å². The Balaban J connectivity index is 1.67. The third-order valence-electron chi connectivity index (χ3n) is 3.75. The van der Waals surface area contributed by atoms with Crippen LogP contribution in [-0.2, 0) is 6.54 Å². The zero-order valence-electron chi connectivity index (χ0n) is 12.9. The van der Waals surface area contributed by atoms with Crippen molar-refractivity contribution in [1.29, 1.82) is 0 Å². The minimum absolute atomic E-state index is 0.795. The molecule has 0 unspecified atom stereocenters. The van der Waals surface area contributed by atoms with Crippen molar-refractivity contribution in [2.75, 3.05) is 26.2 Å². The zero-order valence-corrected chi connectivity index (χ0v) is 12.9. The van der Waals surface area contributed by atoms with Gasteiger partial charge in [0, 0.05) is 25.7 Å². The van der Waals surface area contributed by atoms with Crippen molar-refractivity contribution in [2.45, 2.75) is 45.7 Å². The van der Waals surface area contributed by atoms with Gasteiger partial charge in [-0.25, -0.2) is 0 Å². The number of hydrogen-bond donors (Lipinski definition) is 1. The molecule has 3 heteroatoms. The van der Waals surface area contributed by atoms with Crippen LogP contribution in [0.4, 0.5) is 0 Å². The Morgan fingerprint density at radius 1 is 1.30 bits per heavy atom.